The van der Waals surface area contributed by atoms with E-state index in [9.17, 15) is 5.11 Å². The van der Waals surface area contributed by atoms with Crippen molar-refractivity contribution in [2.45, 2.75) is 65.4 Å². The zero-order valence-corrected chi connectivity index (χ0v) is 10.2. The molecule has 0 saturated heterocycles. The van der Waals surface area contributed by atoms with E-state index < -0.39 is 0 Å². The molecule has 0 spiro atoms. The van der Waals surface area contributed by atoms with Crippen molar-refractivity contribution in [2.75, 3.05) is 0 Å². The molecule has 0 aromatic rings. The van der Waals surface area contributed by atoms with Crippen LogP contribution in [0.25, 0.3) is 0 Å². The van der Waals surface area contributed by atoms with Gasteiger partial charge in [-0.2, -0.15) is 0 Å². The normalized spacial score (nSPS) is 33.2. The molecule has 84 valence electrons. The molecule has 1 rings (SSSR count). The van der Waals surface area contributed by atoms with Crippen molar-refractivity contribution in [3.8, 4) is 0 Å². The maximum Gasteiger partial charge on any atom is 0.0678 e. The summed E-state index contributed by atoms with van der Waals surface area (Å²) in [4.78, 5) is 0. The Morgan fingerprint density at radius 3 is 2.36 bits per heavy atom. The molecule has 0 bridgehead atoms. The number of aliphatic hydroxyl groups is 1. The van der Waals surface area contributed by atoms with E-state index in [4.69, 9.17) is 0 Å². The lowest BCUT2D eigenvalue weighted by Crippen LogP contribution is -2.35. The topological polar surface area (TPSA) is 20.2 Å². The average molecular weight is 198 g/mol. The SMILES string of the molecule is CC(C)CC1CCCC1(O)CC(C)C. The molecule has 0 heterocycles. The second-order valence-corrected chi connectivity index (χ2v) is 5.92. The van der Waals surface area contributed by atoms with Gasteiger partial charge in [-0.15, -0.1) is 0 Å². The van der Waals surface area contributed by atoms with Crippen LogP contribution in [0.15, 0.2) is 0 Å². The minimum atomic E-state index is -0.335. The third kappa shape index (κ3) is 2.98. The molecule has 1 aliphatic carbocycles. The van der Waals surface area contributed by atoms with E-state index >= 15 is 0 Å². The van der Waals surface area contributed by atoms with Crippen LogP contribution in [0.2, 0.25) is 0 Å². The van der Waals surface area contributed by atoms with Gasteiger partial charge in [0, 0.05) is 0 Å². The summed E-state index contributed by atoms with van der Waals surface area (Å²) in [5.41, 5.74) is -0.335. The fraction of sp³-hybridized carbons (Fsp3) is 1.00. The quantitative estimate of drug-likeness (QED) is 0.731. The van der Waals surface area contributed by atoms with Gasteiger partial charge in [0.2, 0.25) is 0 Å². The van der Waals surface area contributed by atoms with Gasteiger partial charge in [-0.05, 0) is 43.4 Å². The van der Waals surface area contributed by atoms with Crippen molar-refractivity contribution < 1.29 is 5.11 Å². The highest BCUT2D eigenvalue weighted by molar-refractivity contribution is 4.93. The van der Waals surface area contributed by atoms with Crippen LogP contribution >= 0.6 is 0 Å². The molecule has 14 heavy (non-hydrogen) atoms. The minimum Gasteiger partial charge on any atom is -0.390 e. The van der Waals surface area contributed by atoms with Gasteiger partial charge >= 0.3 is 0 Å². The van der Waals surface area contributed by atoms with Gasteiger partial charge in [-0.3, -0.25) is 0 Å². The fourth-order valence-corrected chi connectivity index (χ4v) is 3.01. The Kier molecular flexibility index (Phi) is 4.00. The van der Waals surface area contributed by atoms with E-state index in [0.717, 1.165) is 18.8 Å². The first-order valence-corrected chi connectivity index (χ1v) is 6.16. The molecule has 0 aromatic heterocycles. The van der Waals surface area contributed by atoms with E-state index in [0.29, 0.717) is 11.8 Å². The van der Waals surface area contributed by atoms with Gasteiger partial charge in [0.25, 0.3) is 0 Å². The molecule has 1 nitrogen and oxygen atoms in total. The molecule has 1 fully saturated rings. The zero-order valence-electron chi connectivity index (χ0n) is 10.2. The number of hydrogen-bond acceptors (Lipinski definition) is 1. The highest BCUT2D eigenvalue weighted by Gasteiger charge is 2.41. The molecule has 0 amide bonds. The van der Waals surface area contributed by atoms with Crippen LogP contribution in [0.4, 0.5) is 0 Å². The smallest absolute Gasteiger partial charge is 0.0678 e. The van der Waals surface area contributed by atoms with Crippen LogP contribution < -0.4 is 0 Å². The van der Waals surface area contributed by atoms with E-state index in [1.54, 1.807) is 0 Å². The second kappa shape index (κ2) is 4.65. The summed E-state index contributed by atoms with van der Waals surface area (Å²) in [5, 5.41) is 10.6. The first-order valence-electron chi connectivity index (χ1n) is 6.16. The lowest BCUT2D eigenvalue weighted by molar-refractivity contribution is -0.0226. The van der Waals surface area contributed by atoms with Crippen LogP contribution in [0.1, 0.15) is 59.8 Å². The Hall–Kier alpha value is -0.0400. The van der Waals surface area contributed by atoms with E-state index in [1.807, 2.05) is 0 Å². The van der Waals surface area contributed by atoms with Crippen LogP contribution in [-0.2, 0) is 0 Å². The third-order valence-electron chi connectivity index (χ3n) is 3.44. The van der Waals surface area contributed by atoms with E-state index in [2.05, 4.69) is 27.7 Å². The molecule has 1 aliphatic rings. The van der Waals surface area contributed by atoms with Gasteiger partial charge in [0.15, 0.2) is 0 Å². The molecule has 0 aliphatic heterocycles. The van der Waals surface area contributed by atoms with Gasteiger partial charge in [0.05, 0.1) is 5.60 Å². The molecular weight excluding hydrogens is 172 g/mol. The monoisotopic (exact) mass is 198 g/mol. The highest BCUT2D eigenvalue weighted by Crippen LogP contribution is 2.43. The molecule has 1 N–H and O–H groups in total. The van der Waals surface area contributed by atoms with Crippen LogP contribution in [-0.4, -0.2) is 10.7 Å². The summed E-state index contributed by atoms with van der Waals surface area (Å²) in [6.07, 6.45) is 5.68. The summed E-state index contributed by atoms with van der Waals surface area (Å²) in [5.74, 6) is 1.90. The Balaban J connectivity index is 2.56. The summed E-state index contributed by atoms with van der Waals surface area (Å²) >= 11 is 0. The third-order valence-corrected chi connectivity index (χ3v) is 3.44. The molecule has 1 saturated carbocycles. The molecule has 1 heteroatoms. The predicted molar refractivity (Wildman–Crippen MR) is 61.2 cm³/mol. The molecule has 0 radical (unpaired) electrons. The van der Waals surface area contributed by atoms with Crippen molar-refractivity contribution >= 4 is 0 Å². The first-order chi connectivity index (χ1) is 6.44. The second-order valence-electron chi connectivity index (χ2n) is 5.92. The Morgan fingerprint density at radius 1 is 1.21 bits per heavy atom. The van der Waals surface area contributed by atoms with Crippen molar-refractivity contribution in [1.82, 2.24) is 0 Å². The number of hydrogen-bond donors (Lipinski definition) is 1. The summed E-state index contributed by atoms with van der Waals surface area (Å²) in [7, 11) is 0. The van der Waals surface area contributed by atoms with Gasteiger partial charge < -0.3 is 5.11 Å². The van der Waals surface area contributed by atoms with Crippen molar-refractivity contribution in [3.05, 3.63) is 0 Å². The maximum atomic E-state index is 10.6. The first kappa shape index (κ1) is 12.0. The fourth-order valence-electron chi connectivity index (χ4n) is 3.01. The van der Waals surface area contributed by atoms with Crippen molar-refractivity contribution in [3.63, 3.8) is 0 Å². The van der Waals surface area contributed by atoms with Gasteiger partial charge in [-0.1, -0.05) is 34.1 Å². The Labute approximate surface area is 88.9 Å². The summed E-state index contributed by atoms with van der Waals surface area (Å²) < 4.78 is 0. The van der Waals surface area contributed by atoms with Crippen LogP contribution in [0, 0.1) is 17.8 Å². The van der Waals surface area contributed by atoms with Crippen molar-refractivity contribution in [1.29, 1.82) is 0 Å². The molecule has 0 aromatic carbocycles. The zero-order chi connectivity index (χ0) is 10.8. The van der Waals surface area contributed by atoms with E-state index in [1.165, 1.54) is 19.3 Å². The standard InChI is InChI=1S/C13H26O/c1-10(2)8-12-6-5-7-13(12,14)9-11(3)4/h10-12,14H,5-9H2,1-4H3. The Morgan fingerprint density at radius 2 is 1.86 bits per heavy atom. The van der Waals surface area contributed by atoms with Gasteiger partial charge in [-0.25, -0.2) is 0 Å². The van der Waals surface area contributed by atoms with Crippen molar-refractivity contribution in [2.24, 2.45) is 17.8 Å². The summed E-state index contributed by atoms with van der Waals surface area (Å²) in [6.45, 7) is 8.94. The highest BCUT2D eigenvalue weighted by atomic mass is 16.3. The molecule has 2 atom stereocenters. The summed E-state index contributed by atoms with van der Waals surface area (Å²) in [6, 6.07) is 0. The van der Waals surface area contributed by atoms with Crippen LogP contribution in [0.5, 0.6) is 0 Å². The Bertz CT molecular complexity index is 174. The average Bonchev–Trinajstić information content (AvgIpc) is 2.29. The minimum absolute atomic E-state index is 0.335. The largest absolute Gasteiger partial charge is 0.390 e. The van der Waals surface area contributed by atoms with E-state index in [-0.39, 0.29) is 5.60 Å². The maximum absolute atomic E-state index is 10.6. The lowest BCUT2D eigenvalue weighted by atomic mass is 9.79. The molecular formula is C13H26O. The van der Waals surface area contributed by atoms with Gasteiger partial charge in [0.1, 0.15) is 0 Å². The lowest BCUT2D eigenvalue weighted by Gasteiger charge is -2.32. The number of rotatable bonds is 4. The molecule has 2 unspecified atom stereocenters. The van der Waals surface area contributed by atoms with Crippen LogP contribution in [0.3, 0.4) is 0 Å². The predicted octanol–water partition coefficient (Wildman–Crippen LogP) is 3.61.